The Morgan fingerprint density at radius 1 is 1.21 bits per heavy atom. The molecule has 1 aromatic rings. The van der Waals surface area contributed by atoms with Gasteiger partial charge in [-0.3, -0.25) is 0 Å². The van der Waals surface area contributed by atoms with Crippen molar-refractivity contribution in [3.63, 3.8) is 0 Å². The molecule has 7 nitrogen and oxygen atoms in total. The summed E-state index contributed by atoms with van der Waals surface area (Å²) in [5.41, 5.74) is 0.489. The van der Waals surface area contributed by atoms with Crippen LogP contribution in [-0.2, 0) is 30.5 Å². The molecule has 10 heteroatoms. The van der Waals surface area contributed by atoms with Crippen molar-refractivity contribution < 1.29 is 21.6 Å². The van der Waals surface area contributed by atoms with E-state index in [0.29, 0.717) is 10.6 Å². The summed E-state index contributed by atoms with van der Waals surface area (Å²) in [6.07, 6.45) is 0. The molecule has 0 unspecified atom stereocenters. The predicted molar refractivity (Wildman–Crippen MR) is 92.8 cm³/mol. The van der Waals surface area contributed by atoms with Crippen LogP contribution in [0.15, 0.2) is 24.3 Å². The molecule has 1 aliphatic rings. The fourth-order valence-corrected chi connectivity index (χ4v) is 5.32. The highest BCUT2D eigenvalue weighted by molar-refractivity contribution is 7.89. The van der Waals surface area contributed by atoms with Crippen LogP contribution in [0.1, 0.15) is 5.56 Å². The molecule has 0 amide bonds. The molecule has 0 bridgehead atoms. The maximum atomic E-state index is 12.4. The SMILES string of the molecule is CN(C)S(=O)(=O)C[C@@H]1COC[C@@H]1NS(=O)(=O)Cc1ccccc1Cl. The number of nitrogens with one attached hydrogen (secondary N) is 1. The molecule has 0 aromatic heterocycles. The second kappa shape index (κ2) is 7.67. The highest BCUT2D eigenvalue weighted by Gasteiger charge is 2.35. The van der Waals surface area contributed by atoms with Gasteiger partial charge in [0, 0.05) is 25.0 Å². The van der Waals surface area contributed by atoms with Crippen molar-refractivity contribution in [1.29, 1.82) is 0 Å². The lowest BCUT2D eigenvalue weighted by Crippen LogP contribution is -2.43. The van der Waals surface area contributed by atoms with Crippen molar-refractivity contribution >= 4 is 31.6 Å². The highest BCUT2D eigenvalue weighted by Crippen LogP contribution is 2.21. The molecule has 1 aromatic carbocycles. The van der Waals surface area contributed by atoms with Crippen LogP contribution >= 0.6 is 11.6 Å². The van der Waals surface area contributed by atoms with Crippen molar-refractivity contribution in [2.75, 3.05) is 33.1 Å². The smallest absolute Gasteiger partial charge is 0.216 e. The minimum Gasteiger partial charge on any atom is -0.379 e. The third-order valence-electron chi connectivity index (χ3n) is 3.81. The van der Waals surface area contributed by atoms with E-state index in [2.05, 4.69) is 4.72 Å². The molecule has 1 saturated heterocycles. The van der Waals surface area contributed by atoms with Gasteiger partial charge in [0.1, 0.15) is 0 Å². The van der Waals surface area contributed by atoms with Crippen LogP contribution in [0.4, 0.5) is 0 Å². The maximum absolute atomic E-state index is 12.4. The summed E-state index contributed by atoms with van der Waals surface area (Å²) < 4.78 is 57.7. The summed E-state index contributed by atoms with van der Waals surface area (Å²) in [6.45, 7) is 0.349. The number of ether oxygens (including phenoxy) is 1. The second-order valence-corrected chi connectivity index (χ2v) is 10.3. The monoisotopic (exact) mass is 396 g/mol. The van der Waals surface area contributed by atoms with Crippen molar-refractivity contribution in [3.05, 3.63) is 34.9 Å². The van der Waals surface area contributed by atoms with Gasteiger partial charge < -0.3 is 4.74 Å². The molecule has 1 fully saturated rings. The summed E-state index contributed by atoms with van der Waals surface area (Å²) in [4.78, 5) is 0. The number of hydrogen-bond donors (Lipinski definition) is 1. The van der Waals surface area contributed by atoms with E-state index >= 15 is 0 Å². The van der Waals surface area contributed by atoms with Gasteiger partial charge >= 0.3 is 0 Å². The van der Waals surface area contributed by atoms with E-state index in [1.54, 1.807) is 24.3 Å². The zero-order valence-corrected chi connectivity index (χ0v) is 15.9. The average Bonchev–Trinajstić information content (AvgIpc) is 2.86. The lowest BCUT2D eigenvalue weighted by Gasteiger charge is -2.21. The number of benzene rings is 1. The quantitative estimate of drug-likeness (QED) is 0.731. The summed E-state index contributed by atoms with van der Waals surface area (Å²) in [5, 5.41) is 0.372. The largest absolute Gasteiger partial charge is 0.379 e. The predicted octanol–water partition coefficient (Wildman–Crippen LogP) is 0.666. The van der Waals surface area contributed by atoms with Crippen molar-refractivity contribution in [2.45, 2.75) is 11.8 Å². The number of rotatable bonds is 7. The molecule has 24 heavy (non-hydrogen) atoms. The summed E-state index contributed by atoms with van der Waals surface area (Å²) in [6, 6.07) is 6.12. The Morgan fingerprint density at radius 3 is 2.50 bits per heavy atom. The van der Waals surface area contributed by atoms with Gasteiger partial charge in [0.2, 0.25) is 20.0 Å². The lowest BCUT2D eigenvalue weighted by molar-refractivity contribution is 0.185. The van der Waals surface area contributed by atoms with Crippen LogP contribution in [0.2, 0.25) is 5.02 Å². The fraction of sp³-hybridized carbons (Fsp3) is 0.571. The molecule has 1 aliphatic heterocycles. The number of sulfonamides is 2. The maximum Gasteiger partial charge on any atom is 0.216 e. The first-order chi connectivity index (χ1) is 11.1. The normalized spacial score (nSPS) is 22.2. The minimum absolute atomic E-state index is 0.148. The van der Waals surface area contributed by atoms with Gasteiger partial charge in [-0.2, -0.15) is 0 Å². The molecule has 0 radical (unpaired) electrons. The summed E-state index contributed by atoms with van der Waals surface area (Å²) >= 11 is 6.00. The van der Waals surface area contributed by atoms with Gasteiger partial charge in [-0.15, -0.1) is 0 Å². The van der Waals surface area contributed by atoms with Gasteiger partial charge in [-0.05, 0) is 11.6 Å². The van der Waals surface area contributed by atoms with E-state index in [1.165, 1.54) is 14.1 Å². The zero-order chi connectivity index (χ0) is 18.0. The molecule has 0 spiro atoms. The second-order valence-electron chi connectivity index (χ2n) is 5.93. The molecule has 1 heterocycles. The van der Waals surface area contributed by atoms with Gasteiger partial charge in [-0.1, -0.05) is 29.8 Å². The van der Waals surface area contributed by atoms with Gasteiger partial charge in [0.25, 0.3) is 0 Å². The summed E-state index contributed by atoms with van der Waals surface area (Å²) in [5.74, 6) is -0.867. The minimum atomic E-state index is -3.67. The van der Waals surface area contributed by atoms with Gasteiger partial charge in [0.15, 0.2) is 0 Å². The molecule has 2 rings (SSSR count). The van der Waals surface area contributed by atoms with E-state index in [0.717, 1.165) is 4.31 Å². The molecule has 2 atom stereocenters. The number of hydrogen-bond acceptors (Lipinski definition) is 5. The van der Waals surface area contributed by atoms with E-state index in [1.807, 2.05) is 0 Å². The van der Waals surface area contributed by atoms with Crippen LogP contribution in [0, 0.1) is 5.92 Å². The van der Waals surface area contributed by atoms with Crippen LogP contribution < -0.4 is 4.72 Å². The molecule has 0 aliphatic carbocycles. The van der Waals surface area contributed by atoms with Crippen LogP contribution in [-0.4, -0.2) is 60.2 Å². The Morgan fingerprint density at radius 2 is 1.88 bits per heavy atom. The van der Waals surface area contributed by atoms with E-state index in [4.69, 9.17) is 16.3 Å². The molecule has 0 saturated carbocycles. The van der Waals surface area contributed by atoms with Crippen molar-refractivity contribution in [1.82, 2.24) is 9.03 Å². The lowest BCUT2D eigenvalue weighted by atomic mass is 10.1. The molecular weight excluding hydrogens is 376 g/mol. The molecular formula is C14H21ClN2O5S2. The Hall–Kier alpha value is -0.710. The fourth-order valence-electron chi connectivity index (χ4n) is 2.41. The molecule has 136 valence electrons. The van der Waals surface area contributed by atoms with E-state index in [9.17, 15) is 16.8 Å². The Bertz CT molecular complexity index is 780. The van der Waals surface area contributed by atoms with E-state index < -0.39 is 32.0 Å². The van der Waals surface area contributed by atoms with E-state index in [-0.39, 0.29) is 24.7 Å². The first kappa shape index (κ1) is 19.6. The number of nitrogens with zero attached hydrogens (tertiary/aromatic N) is 1. The summed E-state index contributed by atoms with van der Waals surface area (Å²) in [7, 11) is -4.22. The Balaban J connectivity index is 2.07. The molecule has 1 N–H and O–H groups in total. The van der Waals surface area contributed by atoms with Crippen LogP contribution in [0.5, 0.6) is 0 Å². The third kappa shape index (κ3) is 5.14. The Kier molecular flexibility index (Phi) is 6.27. The standard InChI is InChI=1S/C14H21ClN2O5S2/c1-17(2)24(20,21)10-12-7-22-8-14(12)16-23(18,19)9-11-5-3-4-6-13(11)15/h3-6,12,14,16H,7-10H2,1-2H3/t12-,14-/m0/s1. The zero-order valence-electron chi connectivity index (χ0n) is 13.5. The van der Waals surface area contributed by atoms with Gasteiger partial charge in [-0.25, -0.2) is 25.9 Å². The number of halogens is 1. The van der Waals surface area contributed by atoms with Crippen molar-refractivity contribution in [2.24, 2.45) is 5.92 Å². The topological polar surface area (TPSA) is 92.8 Å². The van der Waals surface area contributed by atoms with Crippen LogP contribution in [0.3, 0.4) is 0 Å². The van der Waals surface area contributed by atoms with Crippen molar-refractivity contribution in [3.8, 4) is 0 Å². The third-order valence-corrected chi connectivity index (χ3v) is 7.50. The average molecular weight is 397 g/mol. The highest BCUT2D eigenvalue weighted by atomic mass is 35.5. The van der Waals surface area contributed by atoms with Crippen LogP contribution in [0.25, 0.3) is 0 Å². The first-order valence-electron chi connectivity index (χ1n) is 7.32. The van der Waals surface area contributed by atoms with Gasteiger partial charge in [0.05, 0.1) is 30.8 Å². The Labute approximate surface area is 148 Å². The first-order valence-corrected chi connectivity index (χ1v) is 11.0.